The lowest BCUT2D eigenvalue weighted by Crippen LogP contribution is -2.30. The molecular weight excluding hydrogens is 356 g/mol. The first-order chi connectivity index (χ1) is 9.58. The zero-order valence-electron chi connectivity index (χ0n) is 12.5. The summed E-state index contributed by atoms with van der Waals surface area (Å²) in [5.74, 6) is -2.02. The maximum atomic E-state index is 11.6. The topological polar surface area (TPSA) is 83.8 Å². The quantitative estimate of drug-likeness (QED) is 0.587. The Balaban J connectivity index is 3.67. The normalized spacial score (nSPS) is 11.3. The van der Waals surface area contributed by atoms with Crippen molar-refractivity contribution < 1.29 is 24.2 Å². The number of rotatable bonds is 6. The Morgan fingerprint density at radius 2 is 1.71 bits per heavy atom. The van der Waals surface area contributed by atoms with Crippen LogP contribution < -0.4 is 4.43 Å². The van der Waals surface area contributed by atoms with E-state index < -0.39 is 20.3 Å². The summed E-state index contributed by atoms with van der Waals surface area (Å²) in [4.78, 5) is 23.1. The third-order valence-electron chi connectivity index (χ3n) is 2.78. The molecule has 0 spiro atoms. The molecule has 5 nitrogen and oxygen atoms in total. The van der Waals surface area contributed by atoms with Crippen molar-refractivity contribution in [3.05, 3.63) is 28.3 Å². The molecule has 0 amide bonds. The molecule has 0 saturated carbocycles. The molecule has 0 bridgehead atoms. The maximum Gasteiger partial charge on any atom is 0.339 e. The molecule has 0 fully saturated rings. The van der Waals surface area contributed by atoms with Gasteiger partial charge in [-0.05, 0) is 50.2 Å². The molecule has 21 heavy (non-hydrogen) atoms. The summed E-state index contributed by atoms with van der Waals surface area (Å²) in [5, 5.41) is 19.3. The number of halogens is 1. The van der Waals surface area contributed by atoms with Crippen LogP contribution in [0.5, 0.6) is 5.75 Å². The van der Waals surface area contributed by atoms with Crippen molar-refractivity contribution in [2.24, 2.45) is 0 Å². The van der Waals surface area contributed by atoms with Gasteiger partial charge < -0.3 is 14.6 Å². The van der Waals surface area contributed by atoms with Gasteiger partial charge >= 0.3 is 11.9 Å². The SMILES string of the molecule is Cc1cc(O[Si](C)(C)C)c(C(=O)O)c(CCBr)c1C(=O)O. The largest absolute Gasteiger partial charge is 0.544 e. The number of carboxylic acid groups (broad SMARTS) is 2. The van der Waals surface area contributed by atoms with E-state index in [9.17, 15) is 19.8 Å². The van der Waals surface area contributed by atoms with E-state index in [2.05, 4.69) is 15.9 Å². The molecule has 1 rings (SSSR count). The van der Waals surface area contributed by atoms with E-state index in [1.165, 1.54) is 6.07 Å². The molecule has 116 valence electrons. The molecule has 2 N–H and O–H groups in total. The Labute approximate surface area is 133 Å². The van der Waals surface area contributed by atoms with Crippen molar-refractivity contribution >= 4 is 36.2 Å². The Kier molecular flexibility index (Phi) is 5.58. The van der Waals surface area contributed by atoms with Crippen LogP contribution in [0.25, 0.3) is 0 Å². The van der Waals surface area contributed by atoms with Crippen LogP contribution in [-0.4, -0.2) is 35.8 Å². The van der Waals surface area contributed by atoms with Crippen LogP contribution >= 0.6 is 15.9 Å². The van der Waals surface area contributed by atoms with Gasteiger partial charge in [0.1, 0.15) is 11.3 Å². The minimum Gasteiger partial charge on any atom is -0.544 e. The number of hydrogen-bond acceptors (Lipinski definition) is 3. The highest BCUT2D eigenvalue weighted by Gasteiger charge is 2.27. The van der Waals surface area contributed by atoms with Gasteiger partial charge in [0.25, 0.3) is 0 Å². The van der Waals surface area contributed by atoms with Gasteiger partial charge in [0.2, 0.25) is 8.32 Å². The van der Waals surface area contributed by atoms with E-state index in [1.807, 2.05) is 19.6 Å². The molecule has 0 aliphatic heterocycles. The van der Waals surface area contributed by atoms with Crippen molar-refractivity contribution in [2.45, 2.75) is 33.0 Å². The zero-order chi connectivity index (χ0) is 16.4. The second-order valence-electron chi connectivity index (χ2n) is 5.68. The average Bonchev–Trinajstić information content (AvgIpc) is 2.25. The third kappa shape index (κ3) is 4.31. The first-order valence-corrected chi connectivity index (χ1v) is 11.0. The first-order valence-electron chi connectivity index (χ1n) is 6.46. The smallest absolute Gasteiger partial charge is 0.339 e. The fraction of sp³-hybridized carbons (Fsp3) is 0.429. The van der Waals surface area contributed by atoms with Gasteiger partial charge in [0, 0.05) is 5.33 Å². The lowest BCUT2D eigenvalue weighted by atomic mass is 9.94. The molecule has 0 radical (unpaired) electrons. The lowest BCUT2D eigenvalue weighted by Gasteiger charge is -2.23. The van der Waals surface area contributed by atoms with Gasteiger partial charge in [0.05, 0.1) is 5.56 Å². The molecule has 0 aliphatic carbocycles. The molecule has 0 aliphatic rings. The molecule has 1 aromatic rings. The summed E-state index contributed by atoms with van der Waals surface area (Å²) < 4.78 is 5.85. The minimum absolute atomic E-state index is 0.0418. The maximum absolute atomic E-state index is 11.6. The van der Waals surface area contributed by atoms with E-state index in [0.29, 0.717) is 22.9 Å². The zero-order valence-corrected chi connectivity index (χ0v) is 15.1. The Hall–Kier alpha value is -1.34. The van der Waals surface area contributed by atoms with E-state index in [4.69, 9.17) is 4.43 Å². The van der Waals surface area contributed by atoms with Crippen LogP contribution in [0.15, 0.2) is 6.07 Å². The van der Waals surface area contributed by atoms with Gasteiger partial charge in [0.15, 0.2) is 0 Å². The molecule has 7 heteroatoms. The van der Waals surface area contributed by atoms with Crippen molar-refractivity contribution in [1.29, 1.82) is 0 Å². The number of aryl methyl sites for hydroxylation is 1. The summed E-state index contributed by atoms with van der Waals surface area (Å²) >= 11 is 3.25. The van der Waals surface area contributed by atoms with Crippen molar-refractivity contribution in [3.8, 4) is 5.75 Å². The van der Waals surface area contributed by atoms with E-state index >= 15 is 0 Å². The van der Waals surface area contributed by atoms with E-state index in [0.717, 1.165) is 0 Å². The molecule has 0 saturated heterocycles. The minimum atomic E-state index is -2.01. The van der Waals surface area contributed by atoms with Crippen molar-refractivity contribution in [2.75, 3.05) is 5.33 Å². The highest BCUT2D eigenvalue weighted by molar-refractivity contribution is 9.09. The van der Waals surface area contributed by atoms with Crippen LogP contribution in [0.1, 0.15) is 31.8 Å². The number of hydrogen-bond donors (Lipinski definition) is 2. The summed E-state index contributed by atoms with van der Waals surface area (Å²) in [6.07, 6.45) is 0.313. The number of alkyl halides is 1. The predicted molar refractivity (Wildman–Crippen MR) is 86.6 cm³/mol. The number of carbonyl (C=O) groups is 2. The molecule has 1 aromatic carbocycles. The van der Waals surface area contributed by atoms with Crippen LogP contribution in [0.3, 0.4) is 0 Å². The molecule has 0 aromatic heterocycles. The molecule has 0 heterocycles. The first kappa shape index (κ1) is 17.7. The predicted octanol–water partition coefficient (Wildman–Crippen LogP) is 3.54. The monoisotopic (exact) mass is 374 g/mol. The second-order valence-corrected chi connectivity index (χ2v) is 10.9. The van der Waals surface area contributed by atoms with Gasteiger partial charge in [-0.25, -0.2) is 9.59 Å². The van der Waals surface area contributed by atoms with Gasteiger partial charge in [-0.1, -0.05) is 15.9 Å². The average molecular weight is 375 g/mol. The van der Waals surface area contributed by atoms with Crippen LogP contribution in [0.2, 0.25) is 19.6 Å². The Morgan fingerprint density at radius 3 is 2.10 bits per heavy atom. The van der Waals surface area contributed by atoms with Gasteiger partial charge in [-0.3, -0.25) is 0 Å². The fourth-order valence-electron chi connectivity index (χ4n) is 2.14. The standard InChI is InChI=1S/C14H19BrO5Si/c1-8-7-10(20-21(2,3)4)12(14(18)19)9(5-6-15)11(8)13(16)17/h7H,5-6H2,1-4H3,(H,16,17)(H,18,19). The lowest BCUT2D eigenvalue weighted by molar-refractivity contribution is 0.0693. The Bertz CT molecular complexity index is 578. The number of carboxylic acids is 2. The molecular formula is C14H19BrO5Si. The van der Waals surface area contributed by atoms with Crippen LogP contribution in [0, 0.1) is 6.92 Å². The summed E-state index contributed by atoms with van der Waals surface area (Å²) in [6.45, 7) is 7.50. The second kappa shape index (κ2) is 6.61. The van der Waals surface area contributed by atoms with E-state index in [-0.39, 0.29) is 16.9 Å². The Morgan fingerprint density at radius 1 is 1.19 bits per heavy atom. The molecule has 0 unspecified atom stereocenters. The van der Waals surface area contributed by atoms with Crippen LogP contribution in [0.4, 0.5) is 0 Å². The summed E-state index contributed by atoms with van der Waals surface area (Å²) in [5.41, 5.74) is 0.825. The number of aromatic carboxylic acids is 2. The van der Waals surface area contributed by atoms with Crippen LogP contribution in [-0.2, 0) is 6.42 Å². The third-order valence-corrected chi connectivity index (χ3v) is 4.01. The highest BCUT2D eigenvalue weighted by atomic mass is 79.9. The van der Waals surface area contributed by atoms with Crippen molar-refractivity contribution in [3.63, 3.8) is 0 Å². The fourth-order valence-corrected chi connectivity index (χ4v) is 3.36. The van der Waals surface area contributed by atoms with Gasteiger partial charge in [-0.15, -0.1) is 0 Å². The summed E-state index contributed by atoms with van der Waals surface area (Å²) in [7, 11) is -2.01. The molecule has 0 atom stereocenters. The number of benzene rings is 1. The van der Waals surface area contributed by atoms with Gasteiger partial charge in [-0.2, -0.15) is 0 Å². The van der Waals surface area contributed by atoms with E-state index in [1.54, 1.807) is 6.92 Å². The highest BCUT2D eigenvalue weighted by Crippen LogP contribution is 2.31. The summed E-state index contributed by atoms with van der Waals surface area (Å²) in [6, 6.07) is 1.52. The van der Waals surface area contributed by atoms with Crippen molar-refractivity contribution in [1.82, 2.24) is 0 Å².